The van der Waals surface area contributed by atoms with Gasteiger partial charge in [0.1, 0.15) is 29.4 Å². The summed E-state index contributed by atoms with van der Waals surface area (Å²) in [6, 6.07) is 8.61. The minimum absolute atomic E-state index is 0.156. The zero-order valence-corrected chi connectivity index (χ0v) is 22.5. The lowest BCUT2D eigenvalue weighted by Gasteiger charge is -2.31. The number of hydrogen-bond donors (Lipinski definition) is 1. The van der Waals surface area contributed by atoms with Crippen LogP contribution >= 0.6 is 0 Å². The summed E-state index contributed by atoms with van der Waals surface area (Å²) in [5, 5.41) is 3.60. The molecule has 0 spiro atoms. The molecule has 39 heavy (non-hydrogen) atoms. The van der Waals surface area contributed by atoms with Gasteiger partial charge in [-0.15, -0.1) is 0 Å². The molecular weight excluding hydrogens is 496 g/mol. The molecule has 0 atom stereocenters. The number of morpholine rings is 2. The van der Waals surface area contributed by atoms with E-state index >= 15 is 0 Å². The van der Waals surface area contributed by atoms with E-state index in [4.69, 9.17) is 18.9 Å². The molecule has 2 saturated heterocycles. The van der Waals surface area contributed by atoms with E-state index in [0.717, 1.165) is 119 Å². The second kappa shape index (κ2) is 12.8. The van der Waals surface area contributed by atoms with Gasteiger partial charge in [0, 0.05) is 62.9 Å². The number of fused-ring (bicyclic) bond motifs is 1. The smallest absolute Gasteiger partial charge is 0.149 e. The van der Waals surface area contributed by atoms with Gasteiger partial charge in [-0.3, -0.25) is 9.88 Å². The Morgan fingerprint density at radius 1 is 0.872 bits per heavy atom. The Bertz CT molecular complexity index is 1190. The van der Waals surface area contributed by atoms with Gasteiger partial charge in [0.05, 0.1) is 44.2 Å². The number of ether oxygens (including phenoxy) is 4. The van der Waals surface area contributed by atoms with Crippen LogP contribution in [0.25, 0.3) is 11.0 Å². The van der Waals surface area contributed by atoms with Crippen LogP contribution in [0.15, 0.2) is 42.9 Å². The Morgan fingerprint density at radius 2 is 1.64 bits per heavy atom. The molecule has 1 aromatic carbocycles. The predicted octanol–water partition coefficient (Wildman–Crippen LogP) is 3.37. The van der Waals surface area contributed by atoms with Gasteiger partial charge in [0.25, 0.3) is 0 Å². The summed E-state index contributed by atoms with van der Waals surface area (Å²) in [6.07, 6.45) is 9.44. The molecule has 3 fully saturated rings. The first-order valence-corrected chi connectivity index (χ1v) is 14.2. The zero-order chi connectivity index (χ0) is 26.3. The van der Waals surface area contributed by atoms with Crippen molar-refractivity contribution < 1.29 is 18.9 Å². The minimum atomic E-state index is 0.156. The molecule has 10 nitrogen and oxygen atoms in total. The average Bonchev–Trinajstić information content (AvgIpc) is 3.00. The number of benzene rings is 1. The van der Waals surface area contributed by atoms with Crippen molar-refractivity contribution in [2.45, 2.75) is 37.8 Å². The highest BCUT2D eigenvalue weighted by Crippen LogP contribution is 2.33. The second-order valence-corrected chi connectivity index (χ2v) is 10.4. The highest BCUT2D eigenvalue weighted by atomic mass is 16.5. The number of nitrogens with one attached hydrogen (secondary N) is 1. The fourth-order valence-electron chi connectivity index (χ4n) is 5.50. The van der Waals surface area contributed by atoms with Crippen LogP contribution in [-0.2, 0) is 9.47 Å². The Kier molecular flexibility index (Phi) is 8.52. The largest absolute Gasteiger partial charge is 0.491 e. The van der Waals surface area contributed by atoms with Gasteiger partial charge in [0.2, 0.25) is 0 Å². The van der Waals surface area contributed by atoms with Crippen LogP contribution < -0.4 is 19.7 Å². The minimum Gasteiger partial charge on any atom is -0.491 e. The van der Waals surface area contributed by atoms with Crippen molar-refractivity contribution in [2.75, 3.05) is 76.0 Å². The first kappa shape index (κ1) is 26.0. The molecule has 0 radical (unpaired) electrons. The van der Waals surface area contributed by atoms with Crippen molar-refractivity contribution in [1.82, 2.24) is 19.9 Å². The van der Waals surface area contributed by atoms with Crippen LogP contribution in [0, 0.1) is 0 Å². The average molecular weight is 535 g/mol. The normalized spacial score (nSPS) is 22.5. The van der Waals surface area contributed by atoms with Crippen molar-refractivity contribution in [3.63, 3.8) is 0 Å². The molecule has 3 aromatic rings. The van der Waals surface area contributed by atoms with E-state index in [1.165, 1.54) is 0 Å². The quantitative estimate of drug-likeness (QED) is 0.440. The standard InChI is InChI=1S/C29H38N6O4/c1-3-24(39-27-20-23(35-12-16-37-17-13-35)19-26-29(27)31-8-7-30-26)4-2-22(1)33-28-6-5-25(21-32-28)38-18-11-34-9-14-36-15-10-34/h5-8,19-22,24H,1-4,9-18H2,(H,32,33)/t22-,24+. The predicted molar refractivity (Wildman–Crippen MR) is 150 cm³/mol. The SMILES string of the molecule is c1cnc2c(O[C@H]3CC[C@@H](Nc4ccc(OCCN5CCOCC5)cn4)CC3)cc(N3CCOCC3)cc2n1. The number of aromatic nitrogens is 3. The number of hydrogen-bond acceptors (Lipinski definition) is 10. The topological polar surface area (TPSA) is 94.1 Å². The molecule has 10 heteroatoms. The summed E-state index contributed by atoms with van der Waals surface area (Å²) in [5.41, 5.74) is 2.81. The summed E-state index contributed by atoms with van der Waals surface area (Å²) in [4.78, 5) is 18.4. The highest BCUT2D eigenvalue weighted by molar-refractivity contribution is 5.85. The van der Waals surface area contributed by atoms with E-state index in [1.807, 2.05) is 18.3 Å². The van der Waals surface area contributed by atoms with Gasteiger partial charge < -0.3 is 29.2 Å². The second-order valence-electron chi connectivity index (χ2n) is 10.4. The third-order valence-electron chi connectivity index (χ3n) is 7.74. The van der Waals surface area contributed by atoms with Crippen molar-refractivity contribution in [1.29, 1.82) is 0 Å². The molecule has 0 amide bonds. The number of anilines is 2. The lowest BCUT2D eigenvalue weighted by atomic mass is 9.93. The van der Waals surface area contributed by atoms with Gasteiger partial charge in [0.15, 0.2) is 0 Å². The molecule has 2 aromatic heterocycles. The van der Waals surface area contributed by atoms with Crippen LogP contribution in [-0.4, -0.2) is 97.8 Å². The van der Waals surface area contributed by atoms with Gasteiger partial charge in [-0.25, -0.2) is 9.97 Å². The third kappa shape index (κ3) is 6.87. The summed E-state index contributed by atoms with van der Waals surface area (Å²) in [5.74, 6) is 2.52. The molecule has 4 heterocycles. The molecule has 1 saturated carbocycles. The molecular formula is C29H38N6O4. The van der Waals surface area contributed by atoms with Crippen LogP contribution in [0.3, 0.4) is 0 Å². The molecule has 0 unspecified atom stereocenters. The molecule has 3 aliphatic rings. The van der Waals surface area contributed by atoms with Crippen LogP contribution in [0.2, 0.25) is 0 Å². The summed E-state index contributed by atoms with van der Waals surface area (Å²) in [7, 11) is 0. The first-order chi connectivity index (χ1) is 19.3. The number of rotatable bonds is 9. The highest BCUT2D eigenvalue weighted by Gasteiger charge is 2.24. The maximum atomic E-state index is 6.56. The lowest BCUT2D eigenvalue weighted by molar-refractivity contribution is 0.0322. The van der Waals surface area contributed by atoms with Gasteiger partial charge in [-0.05, 0) is 43.9 Å². The van der Waals surface area contributed by atoms with E-state index in [1.54, 1.807) is 12.4 Å². The summed E-state index contributed by atoms with van der Waals surface area (Å²) < 4.78 is 23.4. The Labute approximate surface area is 229 Å². The van der Waals surface area contributed by atoms with Gasteiger partial charge in [-0.1, -0.05) is 0 Å². The Balaban J connectivity index is 0.996. The fraction of sp³-hybridized carbons (Fsp3) is 0.552. The number of nitrogens with zero attached hydrogens (tertiary/aromatic N) is 5. The van der Waals surface area contributed by atoms with Gasteiger partial charge in [-0.2, -0.15) is 0 Å². The summed E-state index contributed by atoms with van der Waals surface area (Å²) in [6.45, 7) is 8.37. The molecule has 0 bridgehead atoms. The van der Waals surface area contributed by atoms with Gasteiger partial charge >= 0.3 is 0 Å². The van der Waals surface area contributed by atoms with Crippen LogP contribution in [0.5, 0.6) is 11.5 Å². The fourth-order valence-corrected chi connectivity index (χ4v) is 5.50. The molecule has 1 N–H and O–H groups in total. The van der Waals surface area contributed by atoms with E-state index in [0.29, 0.717) is 12.6 Å². The zero-order valence-electron chi connectivity index (χ0n) is 22.5. The van der Waals surface area contributed by atoms with Crippen LogP contribution in [0.1, 0.15) is 25.7 Å². The molecule has 6 rings (SSSR count). The summed E-state index contributed by atoms with van der Waals surface area (Å²) >= 11 is 0. The monoisotopic (exact) mass is 534 g/mol. The number of pyridine rings is 1. The lowest BCUT2D eigenvalue weighted by Crippen LogP contribution is -2.38. The van der Waals surface area contributed by atoms with Crippen molar-refractivity contribution in [3.8, 4) is 11.5 Å². The molecule has 2 aliphatic heterocycles. The van der Waals surface area contributed by atoms with Crippen LogP contribution in [0.4, 0.5) is 11.5 Å². The third-order valence-corrected chi connectivity index (χ3v) is 7.74. The first-order valence-electron chi connectivity index (χ1n) is 14.2. The molecule has 1 aliphatic carbocycles. The Hall–Kier alpha value is -3.21. The van der Waals surface area contributed by atoms with E-state index in [-0.39, 0.29) is 6.10 Å². The van der Waals surface area contributed by atoms with Crippen molar-refractivity contribution >= 4 is 22.5 Å². The van der Waals surface area contributed by atoms with E-state index < -0.39 is 0 Å². The maximum absolute atomic E-state index is 6.56. The maximum Gasteiger partial charge on any atom is 0.149 e. The molecule has 208 valence electrons. The Morgan fingerprint density at radius 3 is 2.41 bits per heavy atom. The van der Waals surface area contributed by atoms with E-state index in [2.05, 4.69) is 42.2 Å². The van der Waals surface area contributed by atoms with E-state index in [9.17, 15) is 0 Å². The van der Waals surface area contributed by atoms with Crippen molar-refractivity contribution in [3.05, 3.63) is 42.9 Å². The van der Waals surface area contributed by atoms with Crippen molar-refractivity contribution in [2.24, 2.45) is 0 Å².